The van der Waals surface area contributed by atoms with Crippen LogP contribution in [0, 0.1) is 11.8 Å². The minimum atomic E-state index is -5.10. The quantitative estimate of drug-likeness (QED) is 0.538. The summed E-state index contributed by atoms with van der Waals surface area (Å²) in [7, 11) is 1.73. The third-order valence-corrected chi connectivity index (χ3v) is 6.47. The predicted molar refractivity (Wildman–Crippen MR) is 131 cm³/mol. The van der Waals surface area contributed by atoms with E-state index in [1.807, 2.05) is 20.8 Å². The molecule has 0 spiro atoms. The van der Waals surface area contributed by atoms with Gasteiger partial charge >= 0.3 is 6.18 Å². The summed E-state index contributed by atoms with van der Waals surface area (Å²) in [6.07, 6.45) is -4.41. The topological polar surface area (TPSA) is 113 Å². The van der Waals surface area contributed by atoms with Gasteiger partial charge in [-0.3, -0.25) is 23.9 Å². The Kier molecular flexibility index (Phi) is 9.19. The number of carbonyl (C=O) groups is 4. The molecule has 2 heterocycles. The minimum absolute atomic E-state index is 0.145. The lowest BCUT2D eigenvalue weighted by Crippen LogP contribution is -2.58. The summed E-state index contributed by atoms with van der Waals surface area (Å²) in [4.78, 5) is 52.5. The van der Waals surface area contributed by atoms with Gasteiger partial charge in [0.1, 0.15) is 17.8 Å². The molecule has 3 atom stereocenters. The maximum Gasteiger partial charge on any atom is 0.452 e. The Hall–Kier alpha value is -2.92. The molecule has 1 aliphatic rings. The Morgan fingerprint density at radius 3 is 2.03 bits per heavy atom. The molecule has 2 rings (SSSR count). The van der Waals surface area contributed by atoms with Crippen molar-refractivity contribution in [1.29, 1.82) is 0 Å². The molecule has 9 nitrogen and oxygen atoms in total. The Morgan fingerprint density at radius 1 is 1.00 bits per heavy atom. The fourth-order valence-corrected chi connectivity index (χ4v) is 4.45. The molecule has 12 heteroatoms. The zero-order chi connectivity index (χ0) is 28.5. The van der Waals surface area contributed by atoms with Crippen LogP contribution in [0.1, 0.15) is 77.5 Å². The van der Waals surface area contributed by atoms with Crippen molar-refractivity contribution in [3.05, 3.63) is 17.5 Å². The first-order chi connectivity index (χ1) is 16.9. The van der Waals surface area contributed by atoms with E-state index in [-0.39, 0.29) is 30.0 Å². The number of aromatic nitrogens is 2. The van der Waals surface area contributed by atoms with E-state index in [1.54, 1.807) is 31.6 Å². The highest BCUT2D eigenvalue weighted by Crippen LogP contribution is 2.25. The molecule has 208 valence electrons. The highest BCUT2D eigenvalue weighted by molar-refractivity contribution is 5.98. The van der Waals surface area contributed by atoms with Gasteiger partial charge in [-0.05, 0) is 30.7 Å². The van der Waals surface area contributed by atoms with Crippen molar-refractivity contribution in [3.63, 3.8) is 0 Å². The van der Waals surface area contributed by atoms with Gasteiger partial charge in [0, 0.05) is 24.7 Å². The zero-order valence-corrected chi connectivity index (χ0v) is 22.7. The molecule has 0 aliphatic carbocycles. The van der Waals surface area contributed by atoms with Crippen molar-refractivity contribution >= 4 is 23.5 Å². The number of hydrogen-bond acceptors (Lipinski definition) is 5. The van der Waals surface area contributed by atoms with Crippen LogP contribution in [0.2, 0.25) is 0 Å². The molecule has 1 aromatic heterocycles. The fourth-order valence-electron chi connectivity index (χ4n) is 4.45. The average molecular weight is 530 g/mol. The lowest BCUT2D eigenvalue weighted by molar-refractivity contribution is -0.175. The number of hydrogen-bond donors (Lipinski definition) is 2. The number of likely N-dealkylation sites (tertiary alicyclic amines) is 1. The summed E-state index contributed by atoms with van der Waals surface area (Å²) in [5, 5.41) is 9.19. The third-order valence-electron chi connectivity index (χ3n) is 6.47. The Bertz CT molecular complexity index is 1030. The number of nitrogens with one attached hydrogen (secondary N) is 2. The van der Waals surface area contributed by atoms with Gasteiger partial charge < -0.3 is 15.5 Å². The van der Waals surface area contributed by atoms with E-state index in [2.05, 4.69) is 15.7 Å². The second-order valence-electron chi connectivity index (χ2n) is 11.3. The van der Waals surface area contributed by atoms with Crippen molar-refractivity contribution in [3.8, 4) is 0 Å². The molecule has 1 saturated heterocycles. The summed E-state index contributed by atoms with van der Waals surface area (Å²) in [5.41, 5.74) is 0.715. The SMILES string of the molecule is CC(C)[C@H](NC(=O)c1cc(C(C)(C)C)n(C)n1)C(=O)N1CCC[C@H]1C(=O)N[C@H](C(=O)C(F)(F)F)C(C)C. The zero-order valence-electron chi connectivity index (χ0n) is 22.7. The van der Waals surface area contributed by atoms with Crippen LogP contribution in [0.25, 0.3) is 0 Å². The molecular weight excluding hydrogens is 491 g/mol. The number of Topliss-reactive ketones (excluding diaryl/α,β-unsaturated/α-hetero) is 1. The molecule has 0 aromatic carbocycles. The van der Waals surface area contributed by atoms with E-state index < -0.39 is 53.7 Å². The maximum absolute atomic E-state index is 13.5. The summed E-state index contributed by atoms with van der Waals surface area (Å²) in [6.45, 7) is 12.4. The number of amides is 3. The molecule has 1 aliphatic heterocycles. The normalized spacial score (nSPS) is 18.2. The van der Waals surface area contributed by atoms with E-state index in [1.165, 1.54) is 18.7 Å². The molecule has 3 amide bonds. The lowest BCUT2D eigenvalue weighted by Gasteiger charge is -2.31. The number of rotatable bonds is 8. The molecule has 0 bridgehead atoms. The predicted octanol–water partition coefficient (Wildman–Crippen LogP) is 2.74. The fraction of sp³-hybridized carbons (Fsp3) is 0.720. The highest BCUT2D eigenvalue weighted by Gasteiger charge is 2.46. The number of ketones is 1. The maximum atomic E-state index is 13.5. The number of carbonyl (C=O) groups excluding carboxylic acids is 4. The van der Waals surface area contributed by atoms with Crippen LogP contribution in [0.15, 0.2) is 6.07 Å². The first-order valence-electron chi connectivity index (χ1n) is 12.4. The first-order valence-corrected chi connectivity index (χ1v) is 12.4. The van der Waals surface area contributed by atoms with Gasteiger partial charge in [-0.1, -0.05) is 48.5 Å². The summed E-state index contributed by atoms with van der Waals surface area (Å²) >= 11 is 0. The van der Waals surface area contributed by atoms with Crippen molar-refractivity contribution in [2.75, 3.05) is 6.54 Å². The van der Waals surface area contributed by atoms with Crippen LogP contribution in [0.5, 0.6) is 0 Å². The molecule has 1 fully saturated rings. The number of halogens is 3. The summed E-state index contributed by atoms with van der Waals surface area (Å²) in [5.74, 6) is -5.07. The van der Waals surface area contributed by atoms with E-state index in [9.17, 15) is 32.3 Å². The van der Waals surface area contributed by atoms with Gasteiger partial charge in [0.2, 0.25) is 11.8 Å². The smallest absolute Gasteiger partial charge is 0.344 e. The van der Waals surface area contributed by atoms with Gasteiger partial charge in [-0.15, -0.1) is 0 Å². The van der Waals surface area contributed by atoms with E-state index in [0.717, 1.165) is 5.69 Å². The first kappa shape index (κ1) is 30.3. The molecule has 0 unspecified atom stereocenters. The van der Waals surface area contributed by atoms with Crippen LogP contribution in [-0.2, 0) is 26.8 Å². The third kappa shape index (κ3) is 7.10. The van der Waals surface area contributed by atoms with Crippen LogP contribution < -0.4 is 10.6 Å². The monoisotopic (exact) mass is 529 g/mol. The van der Waals surface area contributed by atoms with Gasteiger partial charge in [0.15, 0.2) is 0 Å². The van der Waals surface area contributed by atoms with Gasteiger partial charge in [0.25, 0.3) is 11.7 Å². The lowest BCUT2D eigenvalue weighted by atomic mass is 9.92. The standard InChI is InChI=1S/C25H38F3N5O4/c1-13(2)18(20(34)25(26,27)28)29-22(36)16-10-9-11-33(16)23(37)19(14(3)4)30-21(35)15-12-17(24(5,6)7)32(8)31-15/h12-14,16,18-19H,9-11H2,1-8H3,(H,29,36)(H,30,35)/t16-,18-,19-/m0/s1. The summed E-state index contributed by atoms with van der Waals surface area (Å²) in [6, 6.07) is -2.13. The van der Waals surface area contributed by atoms with Crippen molar-refractivity contribution in [2.24, 2.45) is 18.9 Å². The number of aryl methyl sites for hydroxylation is 1. The molecule has 0 saturated carbocycles. The van der Waals surface area contributed by atoms with Gasteiger partial charge in [0.05, 0.1) is 6.04 Å². The number of nitrogens with zero attached hydrogens (tertiary/aromatic N) is 3. The second kappa shape index (κ2) is 11.2. The van der Waals surface area contributed by atoms with Crippen LogP contribution in [-0.4, -0.2) is 69.0 Å². The van der Waals surface area contributed by atoms with E-state index >= 15 is 0 Å². The molecular formula is C25H38F3N5O4. The Balaban J connectivity index is 2.21. The van der Waals surface area contributed by atoms with Crippen LogP contribution in [0.4, 0.5) is 13.2 Å². The highest BCUT2D eigenvalue weighted by atomic mass is 19.4. The Morgan fingerprint density at radius 2 is 1.57 bits per heavy atom. The van der Waals surface area contributed by atoms with Crippen molar-refractivity contribution in [1.82, 2.24) is 25.3 Å². The van der Waals surface area contributed by atoms with Gasteiger partial charge in [-0.25, -0.2) is 0 Å². The van der Waals surface area contributed by atoms with E-state index in [0.29, 0.717) is 6.42 Å². The molecule has 37 heavy (non-hydrogen) atoms. The Labute approximate surface area is 215 Å². The average Bonchev–Trinajstić information content (AvgIpc) is 3.40. The number of alkyl halides is 3. The minimum Gasteiger partial charge on any atom is -0.344 e. The van der Waals surface area contributed by atoms with Crippen LogP contribution >= 0.6 is 0 Å². The van der Waals surface area contributed by atoms with Crippen molar-refractivity contribution in [2.45, 2.75) is 91.0 Å². The van der Waals surface area contributed by atoms with Crippen LogP contribution in [0.3, 0.4) is 0 Å². The van der Waals surface area contributed by atoms with E-state index in [4.69, 9.17) is 0 Å². The molecule has 1 aromatic rings. The van der Waals surface area contributed by atoms with Crippen molar-refractivity contribution < 1.29 is 32.3 Å². The second-order valence-corrected chi connectivity index (χ2v) is 11.3. The summed E-state index contributed by atoms with van der Waals surface area (Å²) < 4.78 is 40.7. The molecule has 2 N–H and O–H groups in total. The largest absolute Gasteiger partial charge is 0.452 e. The molecule has 0 radical (unpaired) electrons. The van der Waals surface area contributed by atoms with Gasteiger partial charge in [-0.2, -0.15) is 18.3 Å².